The molecule has 0 aliphatic heterocycles. The van der Waals surface area contributed by atoms with Crippen molar-refractivity contribution in [2.24, 2.45) is 0 Å². The standard InChI is InChI=1S/C20H23N5O2S/c1-14-22-23-20(25(14)17-9-11-18(27-4)12-10-17)28-13-19(26)21-15-5-7-16(8-6-15)24(2)3/h5-12H,13H2,1-4H3,(H,21,26). The van der Waals surface area contributed by atoms with Gasteiger partial charge in [0.05, 0.1) is 12.9 Å². The Labute approximate surface area is 168 Å². The van der Waals surface area contributed by atoms with Gasteiger partial charge in [-0.3, -0.25) is 9.36 Å². The van der Waals surface area contributed by atoms with Crippen molar-refractivity contribution < 1.29 is 9.53 Å². The van der Waals surface area contributed by atoms with E-state index in [9.17, 15) is 4.79 Å². The van der Waals surface area contributed by atoms with Crippen molar-refractivity contribution in [3.63, 3.8) is 0 Å². The number of rotatable bonds is 7. The van der Waals surface area contributed by atoms with Gasteiger partial charge >= 0.3 is 0 Å². The zero-order valence-corrected chi connectivity index (χ0v) is 17.2. The van der Waals surface area contributed by atoms with Crippen LogP contribution in [-0.4, -0.2) is 47.6 Å². The van der Waals surface area contributed by atoms with Crippen molar-refractivity contribution in [2.45, 2.75) is 12.1 Å². The second kappa shape index (κ2) is 8.79. The lowest BCUT2D eigenvalue weighted by molar-refractivity contribution is -0.113. The summed E-state index contributed by atoms with van der Waals surface area (Å²) >= 11 is 1.35. The quantitative estimate of drug-likeness (QED) is 0.616. The van der Waals surface area contributed by atoms with E-state index in [0.29, 0.717) is 5.16 Å². The lowest BCUT2D eigenvalue weighted by Crippen LogP contribution is -2.15. The molecule has 1 N–H and O–H groups in total. The Morgan fingerprint density at radius 3 is 2.39 bits per heavy atom. The molecule has 28 heavy (non-hydrogen) atoms. The number of hydrogen-bond acceptors (Lipinski definition) is 6. The molecule has 3 aromatic rings. The number of nitrogens with one attached hydrogen (secondary N) is 1. The van der Waals surface area contributed by atoms with Crippen molar-refractivity contribution in [3.05, 3.63) is 54.4 Å². The molecule has 1 aromatic heterocycles. The Bertz CT molecular complexity index is 936. The van der Waals surface area contributed by atoms with Crippen LogP contribution in [0.5, 0.6) is 5.75 Å². The average Bonchev–Trinajstić information content (AvgIpc) is 3.07. The molecular weight excluding hydrogens is 374 g/mol. The van der Waals surface area contributed by atoms with Gasteiger partial charge in [0.15, 0.2) is 5.16 Å². The molecule has 0 spiro atoms. The van der Waals surface area contributed by atoms with Crippen LogP contribution in [0.4, 0.5) is 11.4 Å². The average molecular weight is 398 g/mol. The Hall–Kier alpha value is -3.00. The molecule has 1 heterocycles. The van der Waals surface area contributed by atoms with Gasteiger partial charge in [0.1, 0.15) is 11.6 Å². The summed E-state index contributed by atoms with van der Waals surface area (Å²) in [7, 11) is 5.59. The highest BCUT2D eigenvalue weighted by molar-refractivity contribution is 7.99. The molecule has 1 amide bonds. The minimum Gasteiger partial charge on any atom is -0.497 e. The van der Waals surface area contributed by atoms with Crippen LogP contribution in [0.1, 0.15) is 5.82 Å². The maximum absolute atomic E-state index is 12.3. The molecule has 2 aromatic carbocycles. The van der Waals surface area contributed by atoms with E-state index in [2.05, 4.69) is 15.5 Å². The van der Waals surface area contributed by atoms with Gasteiger partial charge in [0, 0.05) is 31.2 Å². The number of carbonyl (C=O) groups is 1. The summed E-state index contributed by atoms with van der Waals surface area (Å²) in [5.74, 6) is 1.68. The summed E-state index contributed by atoms with van der Waals surface area (Å²) in [5.41, 5.74) is 2.77. The van der Waals surface area contributed by atoms with Gasteiger partial charge in [-0.15, -0.1) is 10.2 Å². The van der Waals surface area contributed by atoms with Crippen LogP contribution in [0.3, 0.4) is 0 Å². The first kappa shape index (κ1) is 19.8. The highest BCUT2D eigenvalue weighted by atomic mass is 32.2. The monoisotopic (exact) mass is 397 g/mol. The summed E-state index contributed by atoms with van der Waals surface area (Å²) in [6.07, 6.45) is 0. The van der Waals surface area contributed by atoms with Gasteiger partial charge in [-0.05, 0) is 55.5 Å². The van der Waals surface area contributed by atoms with E-state index in [1.807, 2.05) is 79.0 Å². The molecule has 0 bridgehead atoms. The number of aryl methyl sites for hydroxylation is 1. The van der Waals surface area contributed by atoms with Gasteiger partial charge in [0.25, 0.3) is 0 Å². The highest BCUT2D eigenvalue weighted by Gasteiger charge is 2.13. The lowest BCUT2D eigenvalue weighted by Gasteiger charge is -2.13. The van der Waals surface area contributed by atoms with E-state index in [1.165, 1.54) is 11.8 Å². The molecule has 146 valence electrons. The number of anilines is 2. The maximum atomic E-state index is 12.3. The van der Waals surface area contributed by atoms with Crippen molar-refractivity contribution in [1.82, 2.24) is 14.8 Å². The molecule has 0 saturated carbocycles. The van der Waals surface area contributed by atoms with Crippen molar-refractivity contribution >= 4 is 29.0 Å². The van der Waals surface area contributed by atoms with E-state index in [-0.39, 0.29) is 11.7 Å². The number of thioether (sulfide) groups is 1. The summed E-state index contributed by atoms with van der Waals surface area (Å²) in [4.78, 5) is 14.3. The van der Waals surface area contributed by atoms with Crippen LogP contribution in [0.25, 0.3) is 5.69 Å². The van der Waals surface area contributed by atoms with E-state index < -0.39 is 0 Å². The van der Waals surface area contributed by atoms with Gasteiger partial charge in [-0.25, -0.2) is 0 Å². The first-order valence-corrected chi connectivity index (χ1v) is 9.73. The molecule has 0 unspecified atom stereocenters. The summed E-state index contributed by atoms with van der Waals surface area (Å²) in [6.45, 7) is 1.88. The number of aromatic nitrogens is 3. The maximum Gasteiger partial charge on any atom is 0.234 e. The molecule has 7 nitrogen and oxygen atoms in total. The fraction of sp³-hybridized carbons (Fsp3) is 0.250. The Morgan fingerprint density at radius 2 is 1.79 bits per heavy atom. The Balaban J connectivity index is 1.65. The van der Waals surface area contributed by atoms with Gasteiger partial charge in [-0.1, -0.05) is 11.8 Å². The molecule has 8 heteroatoms. The van der Waals surface area contributed by atoms with Gasteiger partial charge in [0.2, 0.25) is 5.91 Å². The minimum absolute atomic E-state index is 0.0930. The molecule has 0 radical (unpaired) electrons. The van der Waals surface area contributed by atoms with Gasteiger partial charge in [-0.2, -0.15) is 0 Å². The lowest BCUT2D eigenvalue weighted by atomic mass is 10.2. The molecule has 3 rings (SSSR count). The Morgan fingerprint density at radius 1 is 1.11 bits per heavy atom. The molecule has 0 aliphatic carbocycles. The third-order valence-electron chi connectivity index (χ3n) is 4.13. The van der Waals surface area contributed by atoms with E-state index >= 15 is 0 Å². The SMILES string of the molecule is COc1ccc(-n2c(C)nnc2SCC(=O)Nc2ccc(N(C)C)cc2)cc1. The smallest absolute Gasteiger partial charge is 0.234 e. The van der Waals surface area contributed by atoms with Crippen molar-refractivity contribution in [1.29, 1.82) is 0 Å². The van der Waals surface area contributed by atoms with Crippen LogP contribution >= 0.6 is 11.8 Å². The fourth-order valence-electron chi connectivity index (χ4n) is 2.64. The van der Waals surface area contributed by atoms with Crippen LogP contribution in [0.2, 0.25) is 0 Å². The van der Waals surface area contributed by atoms with E-state index in [1.54, 1.807) is 7.11 Å². The second-order valence-electron chi connectivity index (χ2n) is 6.34. The third kappa shape index (κ3) is 4.64. The van der Waals surface area contributed by atoms with Crippen LogP contribution in [0, 0.1) is 6.92 Å². The Kier molecular flexibility index (Phi) is 6.20. The number of carbonyl (C=O) groups excluding carboxylic acids is 1. The number of benzene rings is 2. The summed E-state index contributed by atoms with van der Waals surface area (Å²) in [5, 5.41) is 11.9. The number of methoxy groups -OCH3 is 1. The first-order chi connectivity index (χ1) is 13.5. The number of hydrogen-bond donors (Lipinski definition) is 1. The fourth-order valence-corrected chi connectivity index (χ4v) is 3.43. The van der Waals surface area contributed by atoms with Crippen molar-refractivity contribution in [2.75, 3.05) is 37.2 Å². The predicted octanol–water partition coefficient (Wildman–Crippen LogP) is 3.38. The topological polar surface area (TPSA) is 72.3 Å². The zero-order chi connectivity index (χ0) is 20.1. The molecule has 0 fully saturated rings. The number of amides is 1. The third-order valence-corrected chi connectivity index (χ3v) is 5.05. The number of ether oxygens (including phenoxy) is 1. The normalized spacial score (nSPS) is 10.6. The van der Waals surface area contributed by atoms with Gasteiger partial charge < -0.3 is 15.0 Å². The van der Waals surface area contributed by atoms with E-state index in [0.717, 1.165) is 28.6 Å². The molecule has 0 saturated heterocycles. The number of nitrogens with zero attached hydrogens (tertiary/aromatic N) is 4. The van der Waals surface area contributed by atoms with E-state index in [4.69, 9.17) is 4.74 Å². The summed E-state index contributed by atoms with van der Waals surface area (Å²) in [6, 6.07) is 15.3. The van der Waals surface area contributed by atoms with Crippen LogP contribution in [0.15, 0.2) is 53.7 Å². The summed E-state index contributed by atoms with van der Waals surface area (Å²) < 4.78 is 7.12. The highest BCUT2D eigenvalue weighted by Crippen LogP contribution is 2.24. The first-order valence-electron chi connectivity index (χ1n) is 8.74. The molecular formula is C20H23N5O2S. The predicted molar refractivity (Wildman–Crippen MR) is 113 cm³/mol. The van der Waals surface area contributed by atoms with Crippen LogP contribution in [-0.2, 0) is 4.79 Å². The molecule has 0 aliphatic rings. The van der Waals surface area contributed by atoms with Crippen LogP contribution < -0.4 is 15.0 Å². The van der Waals surface area contributed by atoms with Crippen molar-refractivity contribution in [3.8, 4) is 11.4 Å². The largest absolute Gasteiger partial charge is 0.497 e. The molecule has 0 atom stereocenters. The zero-order valence-electron chi connectivity index (χ0n) is 16.3. The minimum atomic E-state index is -0.0930. The second-order valence-corrected chi connectivity index (χ2v) is 7.28.